The fraction of sp³-hybridized carbons (Fsp3) is 0.267. The first-order valence-electron chi connectivity index (χ1n) is 6.54. The van der Waals surface area contributed by atoms with Crippen molar-refractivity contribution < 1.29 is 19.5 Å². The number of nitrogens with one attached hydrogen (secondary N) is 2. The topological polar surface area (TPSA) is 99.3 Å². The van der Waals surface area contributed by atoms with Crippen molar-refractivity contribution in [1.29, 1.82) is 0 Å². The number of carbonyl (C=O) groups is 3. The van der Waals surface area contributed by atoms with Gasteiger partial charge in [-0.1, -0.05) is 18.2 Å². The fourth-order valence-corrected chi connectivity index (χ4v) is 2.19. The highest BCUT2D eigenvalue weighted by Crippen LogP contribution is 2.19. The molecule has 0 aliphatic heterocycles. The summed E-state index contributed by atoms with van der Waals surface area (Å²) in [5, 5.41) is 12.5. The molecule has 1 amide bonds. The lowest BCUT2D eigenvalue weighted by atomic mass is 10.0. The molecule has 1 aromatic carbocycles. The second kappa shape index (κ2) is 6.21. The number of amides is 1. The third-order valence-corrected chi connectivity index (χ3v) is 3.14. The molecule has 0 aliphatic carbocycles. The van der Waals surface area contributed by atoms with Crippen LogP contribution >= 0.6 is 0 Å². The van der Waals surface area contributed by atoms with Gasteiger partial charge in [-0.05, 0) is 18.6 Å². The summed E-state index contributed by atoms with van der Waals surface area (Å²) in [7, 11) is 0. The second-order valence-electron chi connectivity index (χ2n) is 4.90. The highest BCUT2D eigenvalue weighted by atomic mass is 16.4. The number of hydrogen-bond acceptors (Lipinski definition) is 3. The Hall–Kier alpha value is -2.63. The third kappa shape index (κ3) is 3.68. The summed E-state index contributed by atoms with van der Waals surface area (Å²) in [6.07, 6.45) is 1.58. The zero-order valence-corrected chi connectivity index (χ0v) is 11.6. The molecule has 1 atom stereocenters. The van der Waals surface area contributed by atoms with Gasteiger partial charge in [0, 0.05) is 23.5 Å². The molecule has 0 bridgehead atoms. The van der Waals surface area contributed by atoms with Crippen LogP contribution in [0.25, 0.3) is 10.9 Å². The molecule has 0 spiro atoms. The largest absolute Gasteiger partial charge is 0.480 e. The Morgan fingerprint density at radius 1 is 1.29 bits per heavy atom. The van der Waals surface area contributed by atoms with E-state index in [1.54, 1.807) is 6.20 Å². The van der Waals surface area contributed by atoms with Crippen LogP contribution in [-0.2, 0) is 20.8 Å². The van der Waals surface area contributed by atoms with Gasteiger partial charge in [-0.15, -0.1) is 0 Å². The average Bonchev–Trinajstić information content (AvgIpc) is 2.80. The van der Waals surface area contributed by atoms with Gasteiger partial charge in [0.25, 0.3) is 0 Å². The second-order valence-corrected chi connectivity index (χ2v) is 4.90. The quantitative estimate of drug-likeness (QED) is 0.697. The lowest BCUT2D eigenvalue weighted by Crippen LogP contribution is -2.42. The molecule has 21 heavy (non-hydrogen) atoms. The van der Waals surface area contributed by atoms with Crippen LogP contribution in [-0.4, -0.2) is 33.8 Å². The molecule has 0 saturated heterocycles. The van der Waals surface area contributed by atoms with E-state index >= 15 is 0 Å². The minimum Gasteiger partial charge on any atom is -0.480 e. The van der Waals surface area contributed by atoms with Gasteiger partial charge in [-0.25, -0.2) is 4.79 Å². The molecule has 2 aromatic rings. The van der Waals surface area contributed by atoms with Crippen molar-refractivity contribution in [1.82, 2.24) is 10.3 Å². The number of aromatic amines is 1. The number of carboxylic acids is 1. The van der Waals surface area contributed by atoms with Crippen LogP contribution in [0.15, 0.2) is 30.5 Å². The molecule has 2 rings (SSSR count). The summed E-state index contributed by atoms with van der Waals surface area (Å²) in [5.41, 5.74) is 1.72. The number of hydrogen-bond donors (Lipinski definition) is 3. The van der Waals surface area contributed by atoms with E-state index in [0.717, 1.165) is 16.5 Å². The molecule has 0 fully saturated rings. The van der Waals surface area contributed by atoms with E-state index in [9.17, 15) is 19.5 Å². The highest BCUT2D eigenvalue weighted by Gasteiger charge is 2.22. The monoisotopic (exact) mass is 288 g/mol. The first-order valence-corrected chi connectivity index (χ1v) is 6.54. The standard InChI is InChI=1S/C15H16N2O4/c1-9(18)6-14(19)17-13(15(20)21)7-10-8-16-12-5-3-2-4-11(10)12/h2-5,8,13,16H,6-7H2,1H3,(H,17,19)(H,20,21)/t13-/m0/s1. The van der Waals surface area contributed by atoms with Gasteiger partial charge >= 0.3 is 5.97 Å². The van der Waals surface area contributed by atoms with Gasteiger partial charge in [-0.2, -0.15) is 0 Å². The zero-order chi connectivity index (χ0) is 15.4. The molecule has 6 heteroatoms. The zero-order valence-electron chi connectivity index (χ0n) is 11.6. The van der Waals surface area contributed by atoms with Crippen LogP contribution in [0.3, 0.4) is 0 Å². The summed E-state index contributed by atoms with van der Waals surface area (Å²) in [6.45, 7) is 1.29. The van der Waals surface area contributed by atoms with Gasteiger partial charge in [0.1, 0.15) is 11.8 Å². The summed E-state index contributed by atoms with van der Waals surface area (Å²) in [5.74, 6) is -2.00. The number of aromatic nitrogens is 1. The highest BCUT2D eigenvalue weighted by molar-refractivity contribution is 5.98. The number of aliphatic carboxylic acids is 1. The molecule has 1 aromatic heterocycles. The number of ketones is 1. The third-order valence-electron chi connectivity index (χ3n) is 3.14. The maximum Gasteiger partial charge on any atom is 0.326 e. The summed E-state index contributed by atoms with van der Waals surface area (Å²) in [4.78, 5) is 36.8. The van der Waals surface area contributed by atoms with Crippen LogP contribution in [0, 0.1) is 0 Å². The summed E-state index contributed by atoms with van der Waals surface area (Å²) < 4.78 is 0. The lowest BCUT2D eigenvalue weighted by molar-refractivity contribution is -0.142. The molecule has 1 heterocycles. The van der Waals surface area contributed by atoms with Gasteiger partial charge in [0.05, 0.1) is 6.42 Å². The number of carboxylic acid groups (broad SMARTS) is 1. The number of benzene rings is 1. The Labute approximate surface area is 121 Å². The Morgan fingerprint density at radius 2 is 2.00 bits per heavy atom. The molecule has 0 unspecified atom stereocenters. The number of fused-ring (bicyclic) bond motifs is 1. The van der Waals surface area contributed by atoms with E-state index in [0.29, 0.717) is 0 Å². The van der Waals surface area contributed by atoms with Crippen LogP contribution in [0.2, 0.25) is 0 Å². The molecular weight excluding hydrogens is 272 g/mol. The van der Waals surface area contributed by atoms with Gasteiger partial charge in [0.15, 0.2) is 0 Å². The van der Waals surface area contributed by atoms with Crippen molar-refractivity contribution in [3.63, 3.8) is 0 Å². The SMILES string of the molecule is CC(=O)CC(=O)N[C@@H](Cc1c[nH]c2ccccc12)C(=O)O. The Kier molecular flexibility index (Phi) is 4.37. The fourth-order valence-electron chi connectivity index (χ4n) is 2.19. The normalized spacial score (nSPS) is 12.0. The first-order chi connectivity index (χ1) is 9.97. The number of carbonyl (C=O) groups excluding carboxylic acids is 2. The molecule has 6 nitrogen and oxygen atoms in total. The molecule has 110 valence electrons. The van der Waals surface area contributed by atoms with Crippen molar-refractivity contribution in [3.8, 4) is 0 Å². The number of Topliss-reactive ketones (excluding diaryl/α,β-unsaturated/α-hetero) is 1. The molecule has 3 N–H and O–H groups in total. The summed E-state index contributed by atoms with van der Waals surface area (Å²) >= 11 is 0. The van der Waals surface area contributed by atoms with Crippen LogP contribution in [0.5, 0.6) is 0 Å². The number of rotatable bonds is 6. The van der Waals surface area contributed by atoms with E-state index in [-0.39, 0.29) is 18.6 Å². The van der Waals surface area contributed by atoms with Crippen molar-refractivity contribution in [2.24, 2.45) is 0 Å². The Morgan fingerprint density at radius 3 is 2.67 bits per heavy atom. The number of H-pyrrole nitrogens is 1. The Balaban J connectivity index is 2.15. The lowest BCUT2D eigenvalue weighted by Gasteiger charge is -2.13. The minimum atomic E-state index is -1.13. The predicted molar refractivity (Wildman–Crippen MR) is 76.9 cm³/mol. The first kappa shape index (κ1) is 14.8. The van der Waals surface area contributed by atoms with Crippen molar-refractivity contribution in [3.05, 3.63) is 36.0 Å². The molecule has 0 aliphatic rings. The maximum absolute atomic E-state index is 11.6. The van der Waals surface area contributed by atoms with E-state index in [1.807, 2.05) is 24.3 Å². The van der Waals surface area contributed by atoms with E-state index < -0.39 is 17.9 Å². The van der Waals surface area contributed by atoms with Crippen molar-refractivity contribution >= 4 is 28.6 Å². The van der Waals surface area contributed by atoms with Crippen molar-refractivity contribution in [2.75, 3.05) is 0 Å². The molecule has 0 radical (unpaired) electrons. The van der Waals surface area contributed by atoms with Gasteiger partial charge < -0.3 is 15.4 Å². The summed E-state index contributed by atoms with van der Waals surface area (Å²) in [6, 6.07) is 6.46. The van der Waals surface area contributed by atoms with Crippen LogP contribution < -0.4 is 5.32 Å². The average molecular weight is 288 g/mol. The smallest absolute Gasteiger partial charge is 0.326 e. The van der Waals surface area contributed by atoms with E-state index in [1.165, 1.54) is 6.92 Å². The van der Waals surface area contributed by atoms with E-state index in [2.05, 4.69) is 10.3 Å². The van der Waals surface area contributed by atoms with Gasteiger partial charge in [0.2, 0.25) is 5.91 Å². The predicted octanol–water partition coefficient (Wildman–Crippen LogP) is 1.26. The maximum atomic E-state index is 11.6. The minimum absolute atomic E-state index is 0.156. The number of para-hydroxylation sites is 1. The van der Waals surface area contributed by atoms with Crippen LogP contribution in [0.1, 0.15) is 18.9 Å². The van der Waals surface area contributed by atoms with E-state index in [4.69, 9.17) is 0 Å². The molecular formula is C15H16N2O4. The van der Waals surface area contributed by atoms with Gasteiger partial charge in [-0.3, -0.25) is 9.59 Å². The van der Waals surface area contributed by atoms with Crippen LogP contribution in [0.4, 0.5) is 0 Å². The molecule has 0 saturated carbocycles. The van der Waals surface area contributed by atoms with Crippen molar-refractivity contribution in [2.45, 2.75) is 25.8 Å². The Bertz CT molecular complexity index is 690.